The van der Waals surface area contributed by atoms with Crippen LogP contribution in [-0.4, -0.2) is 31.7 Å². The molecule has 1 fully saturated rings. The molecule has 1 heterocycles. The summed E-state index contributed by atoms with van der Waals surface area (Å²) in [6.07, 6.45) is 0.616. The number of carbonyl (C=O) groups excluding carboxylic acids is 1. The van der Waals surface area contributed by atoms with Crippen molar-refractivity contribution < 1.29 is 22.0 Å². The molecule has 1 N–H and O–H groups in total. The zero-order chi connectivity index (χ0) is 20.3. The number of sulfonamides is 1. The lowest BCUT2D eigenvalue weighted by Gasteiger charge is -2.30. The molecule has 1 saturated heterocycles. The molecule has 3 rings (SSSR count). The van der Waals surface area contributed by atoms with Gasteiger partial charge in [0.1, 0.15) is 16.5 Å². The molecule has 2 aromatic carbocycles. The van der Waals surface area contributed by atoms with Gasteiger partial charge in [0.2, 0.25) is 15.9 Å². The Kier molecular flexibility index (Phi) is 6.32. The van der Waals surface area contributed by atoms with Gasteiger partial charge in [-0.2, -0.15) is 4.31 Å². The van der Waals surface area contributed by atoms with Crippen molar-refractivity contribution in [2.75, 3.05) is 13.1 Å². The predicted molar refractivity (Wildman–Crippen MR) is 101 cm³/mol. The van der Waals surface area contributed by atoms with Gasteiger partial charge < -0.3 is 5.32 Å². The average molecular weight is 429 g/mol. The van der Waals surface area contributed by atoms with Crippen LogP contribution in [0.3, 0.4) is 0 Å². The van der Waals surface area contributed by atoms with E-state index >= 15 is 0 Å². The van der Waals surface area contributed by atoms with Crippen LogP contribution in [0.5, 0.6) is 0 Å². The first-order valence-corrected chi connectivity index (χ1v) is 10.6. The smallest absolute Gasteiger partial charge is 0.246 e. The molecule has 1 aliphatic heterocycles. The molecule has 0 aromatic heterocycles. The highest BCUT2D eigenvalue weighted by Crippen LogP contribution is 2.26. The molecule has 150 valence electrons. The third-order valence-corrected chi connectivity index (χ3v) is 6.88. The van der Waals surface area contributed by atoms with Gasteiger partial charge in [-0.15, -0.1) is 0 Å². The van der Waals surface area contributed by atoms with Crippen molar-refractivity contribution in [1.82, 2.24) is 9.62 Å². The van der Waals surface area contributed by atoms with E-state index in [1.807, 2.05) is 12.1 Å². The van der Waals surface area contributed by atoms with Crippen molar-refractivity contribution in [2.24, 2.45) is 5.92 Å². The average Bonchev–Trinajstić information content (AvgIpc) is 2.69. The number of hydrogen-bond acceptors (Lipinski definition) is 3. The highest BCUT2D eigenvalue weighted by molar-refractivity contribution is 7.89. The summed E-state index contributed by atoms with van der Waals surface area (Å²) < 4.78 is 53.5. The number of piperidine rings is 1. The maximum Gasteiger partial charge on any atom is 0.246 e. The molecule has 1 amide bonds. The summed E-state index contributed by atoms with van der Waals surface area (Å²) in [6.45, 7) is 0.484. The molecule has 2 aromatic rings. The van der Waals surface area contributed by atoms with Gasteiger partial charge in [0.25, 0.3) is 0 Å². The fraction of sp³-hybridized carbons (Fsp3) is 0.316. The summed E-state index contributed by atoms with van der Waals surface area (Å²) in [5, 5.41) is 3.44. The topological polar surface area (TPSA) is 66.5 Å². The number of hydrogen-bond donors (Lipinski definition) is 1. The largest absolute Gasteiger partial charge is 0.352 e. The van der Waals surface area contributed by atoms with Crippen molar-refractivity contribution in [3.63, 3.8) is 0 Å². The SMILES string of the molecule is O=C(NCc1ccc(Cl)cc1)C1CCN(S(=O)(=O)c2cc(F)ccc2F)CC1. The molecule has 9 heteroatoms. The van der Waals surface area contributed by atoms with Gasteiger partial charge in [-0.25, -0.2) is 17.2 Å². The van der Waals surface area contributed by atoms with Crippen LogP contribution in [0.15, 0.2) is 47.4 Å². The number of benzene rings is 2. The lowest BCUT2D eigenvalue weighted by atomic mass is 9.97. The Bertz CT molecular complexity index is 960. The number of rotatable bonds is 5. The second kappa shape index (κ2) is 8.55. The van der Waals surface area contributed by atoms with Crippen LogP contribution < -0.4 is 5.32 Å². The van der Waals surface area contributed by atoms with Gasteiger partial charge in [0, 0.05) is 30.6 Å². The maximum absolute atomic E-state index is 13.9. The van der Waals surface area contributed by atoms with E-state index in [9.17, 15) is 22.0 Å². The van der Waals surface area contributed by atoms with E-state index in [0.29, 0.717) is 30.5 Å². The van der Waals surface area contributed by atoms with E-state index in [1.54, 1.807) is 12.1 Å². The third-order valence-electron chi connectivity index (χ3n) is 4.72. The first-order chi connectivity index (χ1) is 13.3. The van der Waals surface area contributed by atoms with Gasteiger partial charge >= 0.3 is 0 Å². The first-order valence-electron chi connectivity index (χ1n) is 8.75. The Balaban J connectivity index is 1.58. The maximum atomic E-state index is 13.9. The number of nitrogens with zero attached hydrogens (tertiary/aromatic N) is 1. The zero-order valence-corrected chi connectivity index (χ0v) is 16.4. The molecule has 0 atom stereocenters. The highest BCUT2D eigenvalue weighted by Gasteiger charge is 2.33. The summed E-state index contributed by atoms with van der Waals surface area (Å²) in [5.41, 5.74) is 0.902. The van der Waals surface area contributed by atoms with Crippen LogP contribution in [0.2, 0.25) is 5.02 Å². The monoisotopic (exact) mass is 428 g/mol. The molecule has 0 spiro atoms. The standard InChI is InChI=1S/C19H19ClF2N2O3S/c20-15-3-1-13(2-4-15)12-23-19(25)14-7-9-24(10-8-14)28(26,27)18-11-16(21)5-6-17(18)22/h1-6,11,14H,7-10,12H2,(H,23,25). The molecule has 0 bridgehead atoms. The number of halogens is 3. The lowest BCUT2D eigenvalue weighted by Crippen LogP contribution is -2.43. The normalized spacial score (nSPS) is 16.1. The number of amides is 1. The van der Waals surface area contributed by atoms with Crippen molar-refractivity contribution in [2.45, 2.75) is 24.3 Å². The van der Waals surface area contributed by atoms with Crippen molar-refractivity contribution >= 4 is 27.5 Å². The van der Waals surface area contributed by atoms with Crippen LogP contribution in [-0.2, 0) is 21.4 Å². The Morgan fingerprint density at radius 1 is 1.11 bits per heavy atom. The highest BCUT2D eigenvalue weighted by atomic mass is 35.5. The van der Waals surface area contributed by atoms with Crippen LogP contribution in [0.25, 0.3) is 0 Å². The molecule has 0 aliphatic carbocycles. The lowest BCUT2D eigenvalue weighted by molar-refractivity contribution is -0.126. The second-order valence-corrected chi connectivity index (χ2v) is 8.94. The van der Waals surface area contributed by atoms with E-state index in [0.717, 1.165) is 22.0 Å². The van der Waals surface area contributed by atoms with E-state index in [4.69, 9.17) is 11.6 Å². The van der Waals surface area contributed by atoms with Gasteiger partial charge in [-0.3, -0.25) is 4.79 Å². The second-order valence-electron chi connectivity index (χ2n) is 6.60. The minimum absolute atomic E-state index is 0.0668. The molecular formula is C19H19ClF2N2O3S. The van der Waals surface area contributed by atoms with E-state index < -0.39 is 26.6 Å². The summed E-state index contributed by atoms with van der Waals surface area (Å²) in [4.78, 5) is 11.7. The Hall–Kier alpha value is -2.03. The van der Waals surface area contributed by atoms with Gasteiger partial charge in [-0.1, -0.05) is 23.7 Å². The van der Waals surface area contributed by atoms with Gasteiger partial charge in [0.15, 0.2) is 0 Å². The van der Waals surface area contributed by atoms with Gasteiger partial charge in [-0.05, 0) is 48.7 Å². The fourth-order valence-electron chi connectivity index (χ4n) is 3.11. The summed E-state index contributed by atoms with van der Waals surface area (Å²) in [5.74, 6) is -2.32. The first kappa shape index (κ1) is 20.7. The Labute approximate surface area is 167 Å². The van der Waals surface area contributed by atoms with Gasteiger partial charge in [0.05, 0.1) is 0 Å². The minimum Gasteiger partial charge on any atom is -0.352 e. The molecule has 1 aliphatic rings. The van der Waals surface area contributed by atoms with Crippen LogP contribution >= 0.6 is 11.6 Å². The van der Waals surface area contributed by atoms with Crippen molar-refractivity contribution in [3.8, 4) is 0 Å². The van der Waals surface area contributed by atoms with E-state index in [1.165, 1.54) is 0 Å². The third kappa shape index (κ3) is 4.68. The molecule has 0 saturated carbocycles. The minimum atomic E-state index is -4.15. The molecule has 0 unspecified atom stereocenters. The number of nitrogens with one attached hydrogen (secondary N) is 1. The summed E-state index contributed by atoms with van der Waals surface area (Å²) >= 11 is 5.82. The zero-order valence-electron chi connectivity index (χ0n) is 14.9. The number of carbonyl (C=O) groups is 1. The van der Waals surface area contributed by atoms with E-state index in [2.05, 4.69) is 5.32 Å². The van der Waals surface area contributed by atoms with Crippen molar-refractivity contribution in [1.29, 1.82) is 0 Å². The molecule has 28 heavy (non-hydrogen) atoms. The fourth-order valence-corrected chi connectivity index (χ4v) is 4.78. The van der Waals surface area contributed by atoms with E-state index in [-0.39, 0.29) is 24.9 Å². The van der Waals surface area contributed by atoms with Crippen LogP contribution in [0, 0.1) is 17.6 Å². The molecule has 0 radical (unpaired) electrons. The summed E-state index contributed by atoms with van der Waals surface area (Å²) in [6, 6.07) is 9.42. The summed E-state index contributed by atoms with van der Waals surface area (Å²) in [7, 11) is -4.15. The van der Waals surface area contributed by atoms with Crippen LogP contribution in [0.1, 0.15) is 18.4 Å². The Morgan fingerprint density at radius 3 is 2.39 bits per heavy atom. The molecular weight excluding hydrogens is 410 g/mol. The van der Waals surface area contributed by atoms with Crippen LogP contribution in [0.4, 0.5) is 8.78 Å². The molecule has 5 nitrogen and oxygen atoms in total. The Morgan fingerprint density at radius 2 is 1.75 bits per heavy atom. The quantitative estimate of drug-likeness (QED) is 0.794. The predicted octanol–water partition coefficient (Wildman–Crippen LogP) is 3.34. The van der Waals surface area contributed by atoms with Crippen molar-refractivity contribution in [3.05, 3.63) is 64.7 Å².